The number of nitrogens with zero attached hydrogens (tertiary/aromatic N) is 2. The van der Waals surface area contributed by atoms with Gasteiger partial charge in [-0.15, -0.1) is 0 Å². The molecule has 0 saturated carbocycles. The molecule has 2 aromatic heterocycles. The number of anilines is 1. The van der Waals surface area contributed by atoms with Crippen LogP contribution in [0.15, 0.2) is 67.0 Å². The third-order valence-corrected chi connectivity index (χ3v) is 4.90. The van der Waals surface area contributed by atoms with Gasteiger partial charge in [0.05, 0.1) is 33.8 Å². The minimum Gasteiger partial charge on any atom is -0.366 e. The van der Waals surface area contributed by atoms with E-state index < -0.39 is 40.5 Å². The van der Waals surface area contributed by atoms with Crippen LogP contribution in [-0.2, 0) is 6.18 Å². The van der Waals surface area contributed by atoms with Crippen molar-refractivity contribution in [3.8, 4) is 22.5 Å². The van der Waals surface area contributed by atoms with Crippen LogP contribution in [0.3, 0.4) is 0 Å². The Morgan fingerprint density at radius 2 is 1.76 bits per heavy atom. The van der Waals surface area contributed by atoms with Crippen molar-refractivity contribution in [1.29, 1.82) is 0 Å². The zero-order valence-corrected chi connectivity index (χ0v) is 17.2. The topological polar surface area (TPSA) is 114 Å². The molecular weight excluding hydrogens is 454 g/mol. The molecule has 0 atom stereocenters. The Bertz CT molecular complexity index is 1370. The fraction of sp³-hybridized carbons (Fsp3) is 0.0435. The van der Waals surface area contributed by atoms with Crippen LogP contribution in [0.5, 0.6) is 0 Å². The van der Waals surface area contributed by atoms with E-state index in [-0.39, 0.29) is 28.7 Å². The summed E-state index contributed by atoms with van der Waals surface area (Å²) < 4.78 is 55.2. The van der Waals surface area contributed by atoms with Crippen LogP contribution >= 0.6 is 0 Å². The summed E-state index contributed by atoms with van der Waals surface area (Å²) in [4.78, 5) is 28.8. The molecule has 0 radical (unpaired) electrons. The van der Waals surface area contributed by atoms with Crippen LogP contribution in [0.25, 0.3) is 22.5 Å². The molecule has 4 aromatic rings. The molecule has 0 aliphatic heterocycles. The van der Waals surface area contributed by atoms with E-state index in [4.69, 9.17) is 5.73 Å². The lowest BCUT2D eigenvalue weighted by molar-refractivity contribution is -0.137. The van der Waals surface area contributed by atoms with E-state index in [1.165, 1.54) is 24.5 Å². The van der Waals surface area contributed by atoms with E-state index in [1.807, 2.05) is 0 Å². The largest absolute Gasteiger partial charge is 0.417 e. The quantitative estimate of drug-likeness (QED) is 0.369. The van der Waals surface area contributed by atoms with E-state index in [0.717, 1.165) is 6.07 Å². The summed E-state index contributed by atoms with van der Waals surface area (Å²) in [5.41, 5.74) is 3.57. The summed E-state index contributed by atoms with van der Waals surface area (Å²) in [6, 6.07) is 12.1. The third kappa shape index (κ3) is 4.49. The summed E-state index contributed by atoms with van der Waals surface area (Å²) in [7, 11) is 0. The van der Waals surface area contributed by atoms with Gasteiger partial charge in [0.1, 0.15) is 5.82 Å². The maximum atomic E-state index is 14.7. The van der Waals surface area contributed by atoms with Crippen LogP contribution in [0.2, 0.25) is 0 Å². The number of nitrogens with one attached hydrogen (secondary N) is 2. The van der Waals surface area contributed by atoms with Gasteiger partial charge in [0.15, 0.2) is 0 Å². The Kier molecular flexibility index (Phi) is 5.84. The minimum absolute atomic E-state index is 0.0214. The normalized spacial score (nSPS) is 11.3. The molecule has 0 saturated heterocycles. The van der Waals surface area contributed by atoms with Gasteiger partial charge in [-0.25, -0.2) is 4.39 Å². The number of hydrogen-bond acceptors (Lipinski definition) is 4. The minimum atomic E-state index is -4.88. The van der Waals surface area contributed by atoms with E-state index in [0.29, 0.717) is 5.56 Å². The first-order valence-electron chi connectivity index (χ1n) is 9.72. The van der Waals surface area contributed by atoms with E-state index >= 15 is 0 Å². The number of halogens is 4. The number of aromatic nitrogens is 3. The monoisotopic (exact) mass is 469 g/mol. The number of amides is 2. The van der Waals surface area contributed by atoms with Crippen LogP contribution in [0, 0.1) is 5.82 Å². The van der Waals surface area contributed by atoms with Crippen LogP contribution in [-0.4, -0.2) is 27.0 Å². The number of primary amides is 1. The van der Waals surface area contributed by atoms with Crippen LogP contribution < -0.4 is 11.1 Å². The third-order valence-electron chi connectivity index (χ3n) is 4.90. The molecule has 0 bridgehead atoms. The number of benzene rings is 2. The second kappa shape index (κ2) is 8.77. The molecule has 0 spiro atoms. The van der Waals surface area contributed by atoms with Crippen molar-refractivity contribution >= 4 is 17.5 Å². The van der Waals surface area contributed by atoms with Gasteiger partial charge in [-0.05, 0) is 24.3 Å². The second-order valence-electron chi connectivity index (χ2n) is 7.14. The highest BCUT2D eigenvalue weighted by Gasteiger charge is 2.36. The summed E-state index contributed by atoms with van der Waals surface area (Å²) in [6.45, 7) is 0. The number of carbonyl (C=O) groups excluding carboxylic acids is 2. The predicted molar refractivity (Wildman–Crippen MR) is 115 cm³/mol. The Morgan fingerprint density at radius 1 is 1.03 bits per heavy atom. The smallest absolute Gasteiger partial charge is 0.366 e. The van der Waals surface area contributed by atoms with E-state index in [9.17, 15) is 27.2 Å². The number of alkyl halides is 3. The molecule has 0 aliphatic carbocycles. The highest BCUT2D eigenvalue weighted by Crippen LogP contribution is 2.38. The van der Waals surface area contributed by atoms with Gasteiger partial charge in [0.2, 0.25) is 5.91 Å². The molecular formula is C23H15F4N5O2. The van der Waals surface area contributed by atoms with Gasteiger partial charge in [0.25, 0.3) is 5.91 Å². The van der Waals surface area contributed by atoms with E-state index in [2.05, 4.69) is 20.5 Å². The van der Waals surface area contributed by atoms with Crippen molar-refractivity contribution in [2.45, 2.75) is 6.18 Å². The highest BCUT2D eigenvalue weighted by atomic mass is 19.4. The van der Waals surface area contributed by atoms with Crippen molar-refractivity contribution in [2.75, 3.05) is 5.32 Å². The lowest BCUT2D eigenvalue weighted by atomic mass is 9.99. The van der Waals surface area contributed by atoms with Gasteiger partial charge in [-0.2, -0.15) is 18.3 Å². The number of pyridine rings is 1. The molecule has 2 heterocycles. The lowest BCUT2D eigenvalue weighted by Gasteiger charge is -2.15. The first-order chi connectivity index (χ1) is 16.1. The molecule has 0 unspecified atom stereocenters. The van der Waals surface area contributed by atoms with Crippen molar-refractivity contribution in [1.82, 2.24) is 15.2 Å². The average Bonchev–Trinajstić information content (AvgIpc) is 3.33. The van der Waals surface area contributed by atoms with Crippen LogP contribution in [0.4, 0.5) is 23.2 Å². The van der Waals surface area contributed by atoms with Gasteiger partial charge in [-0.1, -0.05) is 30.3 Å². The SMILES string of the molecule is NC(=O)c1cnc(-c2ccccc2)c(NC(=O)c2cc(-c3cc[nH]n3)c(C(F)(F)F)cc2F)c1. The van der Waals surface area contributed by atoms with Crippen molar-refractivity contribution in [3.63, 3.8) is 0 Å². The first kappa shape index (κ1) is 22.6. The summed E-state index contributed by atoms with van der Waals surface area (Å²) >= 11 is 0. The molecule has 2 amide bonds. The molecule has 0 fully saturated rings. The maximum absolute atomic E-state index is 14.7. The van der Waals surface area contributed by atoms with E-state index in [1.54, 1.807) is 30.3 Å². The zero-order chi connectivity index (χ0) is 24.5. The number of hydrogen-bond donors (Lipinski definition) is 3. The zero-order valence-electron chi connectivity index (χ0n) is 17.2. The molecule has 34 heavy (non-hydrogen) atoms. The fourth-order valence-electron chi connectivity index (χ4n) is 3.31. The molecule has 172 valence electrons. The summed E-state index contributed by atoms with van der Waals surface area (Å²) in [5.74, 6) is -3.25. The van der Waals surface area contributed by atoms with Crippen molar-refractivity contribution in [3.05, 3.63) is 89.5 Å². The fourth-order valence-corrected chi connectivity index (χ4v) is 3.31. The van der Waals surface area contributed by atoms with Gasteiger partial charge in [0, 0.05) is 23.5 Å². The standard InChI is InChI=1S/C23H15F4N5O2/c24-17-10-16(23(25,26)27)14(18-6-7-30-32-18)9-15(17)22(34)31-19-8-13(21(28)33)11-29-20(19)12-4-2-1-3-5-12/h1-11H,(H2,28,33)(H,30,32)(H,31,34). The number of aromatic amines is 1. The predicted octanol–water partition coefficient (Wildman–Crippen LogP) is 4.65. The van der Waals surface area contributed by atoms with Gasteiger partial charge in [-0.3, -0.25) is 19.7 Å². The Balaban J connectivity index is 1.80. The average molecular weight is 469 g/mol. The molecule has 11 heteroatoms. The molecule has 0 aliphatic rings. The van der Waals surface area contributed by atoms with Gasteiger partial charge >= 0.3 is 6.18 Å². The van der Waals surface area contributed by atoms with Crippen LogP contribution in [0.1, 0.15) is 26.3 Å². The number of rotatable bonds is 5. The Morgan fingerprint density at radius 3 is 2.38 bits per heavy atom. The molecule has 2 aromatic carbocycles. The molecule has 4 N–H and O–H groups in total. The maximum Gasteiger partial charge on any atom is 0.417 e. The van der Waals surface area contributed by atoms with Crippen molar-refractivity contribution < 1.29 is 27.2 Å². The lowest BCUT2D eigenvalue weighted by Crippen LogP contribution is -2.18. The van der Waals surface area contributed by atoms with Crippen molar-refractivity contribution in [2.24, 2.45) is 5.73 Å². The molecule has 7 nitrogen and oxygen atoms in total. The number of carbonyl (C=O) groups is 2. The summed E-state index contributed by atoms with van der Waals surface area (Å²) in [6.07, 6.45) is -2.37. The Labute approximate surface area is 189 Å². The Hall–Kier alpha value is -4.54. The molecule has 4 rings (SSSR count). The highest BCUT2D eigenvalue weighted by molar-refractivity contribution is 6.07. The van der Waals surface area contributed by atoms with Gasteiger partial charge < -0.3 is 11.1 Å². The summed E-state index contributed by atoms with van der Waals surface area (Å²) in [5, 5.41) is 8.54. The number of H-pyrrole nitrogens is 1. The second-order valence-corrected chi connectivity index (χ2v) is 7.14. The first-order valence-corrected chi connectivity index (χ1v) is 9.72. The number of nitrogens with two attached hydrogens (primary N) is 1.